The predicted octanol–water partition coefficient (Wildman–Crippen LogP) is 4.14. The largest absolute Gasteiger partial charge is 0.301 e. The first kappa shape index (κ1) is 22.2. The van der Waals surface area contributed by atoms with Crippen molar-refractivity contribution in [3.05, 3.63) is 74.8 Å². The lowest BCUT2D eigenvalue weighted by atomic mass is 9.92. The first-order valence-electron chi connectivity index (χ1n) is 9.45. The van der Waals surface area contributed by atoms with Gasteiger partial charge in [-0.1, -0.05) is 51.1 Å². The molecular weight excluding hydrogens is 416 g/mol. The number of nitrogens with one attached hydrogen (secondary N) is 1. The van der Waals surface area contributed by atoms with Crippen LogP contribution in [0.15, 0.2) is 59.7 Å². The maximum absolute atomic E-state index is 11.2. The Morgan fingerprint density at radius 3 is 2.44 bits per heavy atom. The van der Waals surface area contributed by atoms with E-state index in [1.807, 2.05) is 51.1 Å². The second kappa shape index (κ2) is 9.12. The Morgan fingerprint density at radius 1 is 1.09 bits per heavy atom. The monoisotopic (exact) mass is 436 g/mol. The molecule has 0 saturated carbocycles. The highest BCUT2D eigenvalue weighted by Crippen LogP contribution is 2.30. The Labute approximate surface area is 182 Å². The van der Waals surface area contributed by atoms with Gasteiger partial charge in [0.1, 0.15) is 5.69 Å². The van der Waals surface area contributed by atoms with Crippen LogP contribution in [0.4, 0.5) is 17.1 Å². The summed E-state index contributed by atoms with van der Waals surface area (Å²) >= 11 is 0. The predicted molar refractivity (Wildman–Crippen MR) is 119 cm³/mol. The molecule has 1 aromatic heterocycles. The molecule has 32 heavy (non-hydrogen) atoms. The summed E-state index contributed by atoms with van der Waals surface area (Å²) in [5, 5.41) is 38.7. The van der Waals surface area contributed by atoms with Crippen molar-refractivity contribution in [1.29, 1.82) is 0 Å². The van der Waals surface area contributed by atoms with Gasteiger partial charge in [-0.15, -0.1) is 15.0 Å². The molecule has 0 spiro atoms. The van der Waals surface area contributed by atoms with Crippen LogP contribution in [-0.2, 0) is 0 Å². The molecule has 164 valence electrons. The first-order valence-corrected chi connectivity index (χ1v) is 9.45. The standard InChI is InChI=1S/C20H20N8O4/c1-20(2,3)18(26-24-19(23-25-26)14-7-5-4-6-8-14)11-12-21-22-16-10-9-15(27(29)30)13-17(16)28(31)32/h4-13,22H,1-3H3/b18-11+,21-12-. The summed E-state index contributed by atoms with van der Waals surface area (Å²) < 4.78 is 0. The molecule has 2 aromatic carbocycles. The van der Waals surface area contributed by atoms with E-state index < -0.39 is 15.5 Å². The lowest BCUT2D eigenvalue weighted by molar-refractivity contribution is -0.393. The van der Waals surface area contributed by atoms with E-state index in [0.717, 1.165) is 17.7 Å². The van der Waals surface area contributed by atoms with Crippen molar-refractivity contribution in [2.45, 2.75) is 20.8 Å². The van der Waals surface area contributed by atoms with Crippen molar-refractivity contribution < 1.29 is 9.85 Å². The fourth-order valence-corrected chi connectivity index (χ4v) is 2.73. The van der Waals surface area contributed by atoms with Crippen LogP contribution in [0, 0.1) is 25.6 Å². The average molecular weight is 436 g/mol. The maximum Gasteiger partial charge on any atom is 0.301 e. The molecule has 3 aromatic rings. The van der Waals surface area contributed by atoms with Crippen molar-refractivity contribution >= 4 is 29.0 Å². The first-order chi connectivity index (χ1) is 15.2. The van der Waals surface area contributed by atoms with Crippen LogP contribution in [0.1, 0.15) is 20.8 Å². The number of anilines is 1. The molecule has 0 fully saturated rings. The number of allylic oxidation sites excluding steroid dienone is 2. The minimum absolute atomic E-state index is 0.0211. The number of non-ortho nitro benzene ring substituents is 1. The van der Waals surface area contributed by atoms with Crippen molar-refractivity contribution in [2.24, 2.45) is 10.5 Å². The van der Waals surface area contributed by atoms with Gasteiger partial charge in [-0.25, -0.2) is 0 Å². The smallest absolute Gasteiger partial charge is 0.272 e. The van der Waals surface area contributed by atoms with Crippen LogP contribution < -0.4 is 5.43 Å². The summed E-state index contributed by atoms with van der Waals surface area (Å²) in [4.78, 5) is 22.1. The second-order valence-electron chi connectivity index (χ2n) is 7.68. The summed E-state index contributed by atoms with van der Waals surface area (Å²) in [6.07, 6.45) is 3.05. The van der Waals surface area contributed by atoms with E-state index in [1.165, 1.54) is 17.1 Å². The molecule has 0 saturated heterocycles. The van der Waals surface area contributed by atoms with Gasteiger partial charge >= 0.3 is 5.69 Å². The van der Waals surface area contributed by atoms with Crippen molar-refractivity contribution in [3.63, 3.8) is 0 Å². The van der Waals surface area contributed by atoms with Crippen LogP contribution in [0.3, 0.4) is 0 Å². The van der Waals surface area contributed by atoms with Gasteiger partial charge in [-0.2, -0.15) is 5.10 Å². The second-order valence-corrected chi connectivity index (χ2v) is 7.68. The van der Waals surface area contributed by atoms with Crippen LogP contribution in [0.5, 0.6) is 0 Å². The summed E-state index contributed by atoms with van der Waals surface area (Å²) in [5.41, 5.74) is 2.86. The van der Waals surface area contributed by atoms with Gasteiger partial charge in [0.05, 0.1) is 21.6 Å². The van der Waals surface area contributed by atoms with Gasteiger partial charge in [-0.3, -0.25) is 25.7 Å². The molecule has 12 nitrogen and oxygen atoms in total. The highest BCUT2D eigenvalue weighted by atomic mass is 16.6. The molecule has 3 rings (SSSR count). The van der Waals surface area contributed by atoms with Gasteiger partial charge in [0, 0.05) is 23.3 Å². The molecule has 0 aliphatic rings. The third-order valence-electron chi connectivity index (χ3n) is 4.31. The molecular formula is C20H20N8O4. The topological polar surface area (TPSA) is 154 Å². The highest BCUT2D eigenvalue weighted by molar-refractivity contribution is 5.81. The van der Waals surface area contributed by atoms with Crippen LogP contribution >= 0.6 is 0 Å². The fourth-order valence-electron chi connectivity index (χ4n) is 2.73. The number of hydrogen-bond donors (Lipinski definition) is 1. The molecule has 0 aliphatic carbocycles. The number of tetrazole rings is 1. The van der Waals surface area contributed by atoms with E-state index in [9.17, 15) is 20.2 Å². The Bertz CT molecular complexity index is 1200. The Morgan fingerprint density at radius 2 is 1.81 bits per heavy atom. The van der Waals surface area contributed by atoms with E-state index in [4.69, 9.17) is 0 Å². The number of hydrazone groups is 1. The summed E-state index contributed by atoms with van der Waals surface area (Å²) in [7, 11) is 0. The highest BCUT2D eigenvalue weighted by Gasteiger charge is 2.22. The number of nitrogens with zero attached hydrogens (tertiary/aromatic N) is 7. The maximum atomic E-state index is 11.2. The normalized spacial score (nSPS) is 12.2. The summed E-state index contributed by atoms with van der Waals surface area (Å²) in [6, 6.07) is 12.7. The molecule has 0 unspecified atom stereocenters. The number of hydrogen-bond acceptors (Lipinski definition) is 9. The number of nitro benzene ring substituents is 2. The van der Waals surface area contributed by atoms with Gasteiger partial charge in [0.15, 0.2) is 0 Å². The Balaban J connectivity index is 1.85. The van der Waals surface area contributed by atoms with Gasteiger partial charge < -0.3 is 0 Å². The van der Waals surface area contributed by atoms with Gasteiger partial charge in [0.25, 0.3) is 5.69 Å². The van der Waals surface area contributed by atoms with Crippen molar-refractivity contribution in [2.75, 3.05) is 5.43 Å². The van der Waals surface area contributed by atoms with E-state index in [0.29, 0.717) is 11.5 Å². The Kier molecular flexibility index (Phi) is 6.33. The average Bonchev–Trinajstić information content (AvgIpc) is 3.22. The summed E-state index contributed by atoms with van der Waals surface area (Å²) in [5.74, 6) is 0.470. The molecule has 0 atom stereocenters. The molecule has 12 heteroatoms. The third kappa shape index (κ3) is 5.16. The molecule has 0 bridgehead atoms. The van der Waals surface area contributed by atoms with Crippen molar-refractivity contribution in [3.8, 4) is 11.4 Å². The van der Waals surface area contributed by atoms with E-state index in [-0.39, 0.29) is 16.8 Å². The number of benzene rings is 2. The zero-order valence-electron chi connectivity index (χ0n) is 17.5. The number of nitro groups is 2. The van der Waals surface area contributed by atoms with Gasteiger partial charge in [-0.05, 0) is 17.4 Å². The number of rotatable bonds is 7. The third-order valence-corrected chi connectivity index (χ3v) is 4.31. The SMILES string of the molecule is CC(C)(C)/C(=C\C=N/Nc1ccc([N+](=O)[O-])cc1[N+](=O)[O-])n1nnc(-c2ccccc2)n1. The van der Waals surface area contributed by atoms with E-state index in [2.05, 4.69) is 25.9 Å². The lowest BCUT2D eigenvalue weighted by Gasteiger charge is -2.20. The quantitative estimate of drug-likeness (QED) is 0.329. The lowest BCUT2D eigenvalue weighted by Crippen LogP contribution is -2.17. The molecule has 1 heterocycles. The summed E-state index contributed by atoms with van der Waals surface area (Å²) in [6.45, 7) is 5.90. The zero-order valence-corrected chi connectivity index (χ0v) is 17.5. The van der Waals surface area contributed by atoms with Crippen molar-refractivity contribution in [1.82, 2.24) is 20.2 Å². The zero-order chi connectivity index (χ0) is 23.3. The van der Waals surface area contributed by atoms with E-state index in [1.54, 1.807) is 6.08 Å². The molecule has 0 radical (unpaired) electrons. The number of aromatic nitrogens is 4. The molecule has 1 N–H and O–H groups in total. The van der Waals surface area contributed by atoms with Crippen LogP contribution in [-0.4, -0.2) is 36.3 Å². The Hall–Kier alpha value is -4.48. The van der Waals surface area contributed by atoms with E-state index >= 15 is 0 Å². The van der Waals surface area contributed by atoms with Gasteiger partial charge in [0.2, 0.25) is 5.82 Å². The van der Waals surface area contributed by atoms with Crippen LogP contribution in [0.25, 0.3) is 17.1 Å². The van der Waals surface area contributed by atoms with Crippen LogP contribution in [0.2, 0.25) is 0 Å². The molecule has 0 amide bonds. The minimum atomic E-state index is -0.717. The fraction of sp³-hybridized carbons (Fsp3) is 0.200. The molecule has 0 aliphatic heterocycles. The minimum Gasteiger partial charge on any atom is -0.272 e.